The molecule has 1 saturated heterocycles. The van der Waals surface area contributed by atoms with Crippen molar-refractivity contribution in [3.05, 3.63) is 47.9 Å². The molecule has 0 aliphatic carbocycles. The molecule has 1 aromatic heterocycles. The molecule has 0 bridgehead atoms. The number of methoxy groups -OCH3 is 2. The van der Waals surface area contributed by atoms with Crippen LogP contribution in [0.3, 0.4) is 0 Å². The van der Waals surface area contributed by atoms with Crippen LogP contribution in [0.4, 0.5) is 0 Å². The number of nitrogens with zero attached hydrogens (tertiary/aromatic N) is 2. The van der Waals surface area contributed by atoms with E-state index in [-0.39, 0.29) is 0 Å². The van der Waals surface area contributed by atoms with Crippen LogP contribution in [-0.2, 0) is 13.0 Å². The first kappa shape index (κ1) is 21.0. The Morgan fingerprint density at radius 3 is 2.69 bits per heavy atom. The average Bonchev–Trinajstić information content (AvgIpc) is 3.40. The van der Waals surface area contributed by atoms with Gasteiger partial charge in [0, 0.05) is 51.3 Å². The predicted octanol–water partition coefficient (Wildman–Crippen LogP) is 2.67. The number of hydrogen-bond acceptors (Lipinski definition) is 5. The largest absolute Gasteiger partial charge is 0.497 e. The Morgan fingerprint density at radius 1 is 1.24 bits per heavy atom. The molecule has 2 aromatic rings. The number of aliphatic imine (C=N–C) groups is 1. The van der Waals surface area contributed by atoms with Gasteiger partial charge >= 0.3 is 0 Å². The highest BCUT2D eigenvalue weighted by atomic mass is 16.5. The fraction of sp³-hybridized carbons (Fsp3) is 0.500. The van der Waals surface area contributed by atoms with Crippen molar-refractivity contribution < 1.29 is 13.9 Å². The summed E-state index contributed by atoms with van der Waals surface area (Å²) in [6.45, 7) is 6.51. The highest BCUT2D eigenvalue weighted by Gasteiger charge is 2.23. The van der Waals surface area contributed by atoms with E-state index in [1.54, 1.807) is 20.5 Å². The minimum Gasteiger partial charge on any atom is -0.497 e. The van der Waals surface area contributed by atoms with Gasteiger partial charge in [-0.3, -0.25) is 9.89 Å². The monoisotopic (exact) mass is 400 g/mol. The van der Waals surface area contributed by atoms with Crippen LogP contribution in [0, 0.1) is 0 Å². The fourth-order valence-corrected chi connectivity index (χ4v) is 3.56. The van der Waals surface area contributed by atoms with Crippen LogP contribution in [0.2, 0.25) is 0 Å². The first-order valence-electron chi connectivity index (χ1n) is 10.2. The minimum atomic E-state index is 0.379. The highest BCUT2D eigenvalue weighted by molar-refractivity contribution is 5.80. The van der Waals surface area contributed by atoms with Gasteiger partial charge in [-0.1, -0.05) is 0 Å². The van der Waals surface area contributed by atoms with Gasteiger partial charge in [0.25, 0.3) is 0 Å². The van der Waals surface area contributed by atoms with Gasteiger partial charge < -0.3 is 24.5 Å². The Morgan fingerprint density at radius 2 is 2.03 bits per heavy atom. The van der Waals surface area contributed by atoms with Gasteiger partial charge in [0.15, 0.2) is 5.96 Å². The van der Waals surface area contributed by atoms with Crippen LogP contribution in [0.5, 0.6) is 11.5 Å². The van der Waals surface area contributed by atoms with E-state index in [2.05, 4.69) is 39.6 Å². The molecule has 0 saturated carbocycles. The molecular weight excluding hydrogens is 368 g/mol. The molecule has 1 unspecified atom stereocenters. The second-order valence-electron chi connectivity index (χ2n) is 7.18. The first-order valence-corrected chi connectivity index (χ1v) is 10.2. The van der Waals surface area contributed by atoms with Crippen LogP contribution >= 0.6 is 0 Å². The molecule has 0 amide bonds. The van der Waals surface area contributed by atoms with Crippen molar-refractivity contribution in [1.29, 1.82) is 0 Å². The first-order chi connectivity index (χ1) is 14.2. The second-order valence-corrected chi connectivity index (χ2v) is 7.18. The maximum absolute atomic E-state index is 5.39. The second kappa shape index (κ2) is 10.8. The Labute approximate surface area is 173 Å². The number of guanidine groups is 1. The molecule has 1 aliphatic heterocycles. The lowest BCUT2D eigenvalue weighted by atomic mass is 10.2. The smallest absolute Gasteiger partial charge is 0.191 e. The van der Waals surface area contributed by atoms with Crippen molar-refractivity contribution in [1.82, 2.24) is 15.5 Å². The highest BCUT2D eigenvalue weighted by Crippen LogP contribution is 2.24. The maximum Gasteiger partial charge on any atom is 0.191 e. The number of ether oxygens (including phenoxy) is 2. The summed E-state index contributed by atoms with van der Waals surface area (Å²) in [7, 11) is 3.36. The zero-order chi connectivity index (χ0) is 20.5. The molecule has 1 fully saturated rings. The van der Waals surface area contributed by atoms with E-state index in [1.807, 2.05) is 18.2 Å². The van der Waals surface area contributed by atoms with Gasteiger partial charge in [0.1, 0.15) is 17.3 Å². The van der Waals surface area contributed by atoms with Crippen molar-refractivity contribution in [2.75, 3.05) is 40.4 Å². The summed E-state index contributed by atoms with van der Waals surface area (Å²) in [4.78, 5) is 7.13. The molecule has 7 heteroatoms. The molecule has 3 rings (SSSR count). The summed E-state index contributed by atoms with van der Waals surface area (Å²) in [5.74, 6) is 3.48. The predicted molar refractivity (Wildman–Crippen MR) is 115 cm³/mol. The zero-order valence-electron chi connectivity index (χ0n) is 17.6. The van der Waals surface area contributed by atoms with E-state index in [9.17, 15) is 0 Å². The molecule has 2 heterocycles. The maximum atomic E-state index is 5.39. The van der Waals surface area contributed by atoms with E-state index in [0.29, 0.717) is 12.6 Å². The van der Waals surface area contributed by atoms with Gasteiger partial charge in [0.05, 0.1) is 20.5 Å². The van der Waals surface area contributed by atoms with E-state index in [4.69, 9.17) is 13.9 Å². The third-order valence-corrected chi connectivity index (χ3v) is 4.98. The molecular formula is C22H32N4O3. The SMILES string of the molecule is CCNC(=NCCc1ccco1)NC1CCN(Cc2cc(OC)cc(OC)c2)C1. The lowest BCUT2D eigenvalue weighted by Crippen LogP contribution is -2.44. The van der Waals surface area contributed by atoms with Gasteiger partial charge in [-0.25, -0.2) is 0 Å². The molecule has 158 valence electrons. The number of nitrogens with one attached hydrogen (secondary N) is 2. The standard InChI is InChI=1S/C22H32N4O3/c1-4-23-22(24-9-7-19-6-5-11-29-19)25-18-8-10-26(16-18)15-17-12-20(27-2)14-21(13-17)28-3/h5-6,11-14,18H,4,7-10,15-16H2,1-3H3,(H2,23,24,25). The van der Waals surface area contributed by atoms with Crippen LogP contribution < -0.4 is 20.1 Å². The molecule has 1 aromatic carbocycles. The summed E-state index contributed by atoms with van der Waals surface area (Å²) < 4.78 is 16.1. The molecule has 0 radical (unpaired) electrons. The molecule has 1 atom stereocenters. The summed E-state index contributed by atoms with van der Waals surface area (Å²) in [5, 5.41) is 6.92. The number of likely N-dealkylation sites (tertiary alicyclic amines) is 1. The summed E-state index contributed by atoms with van der Waals surface area (Å²) in [5.41, 5.74) is 1.20. The van der Waals surface area contributed by atoms with Crippen LogP contribution in [0.25, 0.3) is 0 Å². The third kappa shape index (κ3) is 6.42. The quantitative estimate of drug-likeness (QED) is 0.498. The number of benzene rings is 1. The fourth-order valence-electron chi connectivity index (χ4n) is 3.56. The van der Waals surface area contributed by atoms with Crippen molar-refractivity contribution in [3.8, 4) is 11.5 Å². The van der Waals surface area contributed by atoms with E-state index in [0.717, 1.165) is 62.2 Å². The molecule has 0 spiro atoms. The van der Waals surface area contributed by atoms with Gasteiger partial charge in [-0.2, -0.15) is 0 Å². The zero-order valence-corrected chi connectivity index (χ0v) is 17.6. The Bertz CT molecular complexity index is 754. The Kier molecular flexibility index (Phi) is 7.81. The third-order valence-electron chi connectivity index (χ3n) is 4.98. The summed E-state index contributed by atoms with van der Waals surface area (Å²) in [6, 6.07) is 10.3. The Balaban J connectivity index is 1.52. The molecule has 2 N–H and O–H groups in total. The summed E-state index contributed by atoms with van der Waals surface area (Å²) in [6.07, 6.45) is 3.59. The van der Waals surface area contributed by atoms with Crippen LogP contribution in [0.1, 0.15) is 24.7 Å². The molecule has 29 heavy (non-hydrogen) atoms. The van der Waals surface area contributed by atoms with Crippen LogP contribution in [-0.4, -0.2) is 57.3 Å². The number of furan rings is 1. The Hall–Kier alpha value is -2.67. The number of rotatable bonds is 9. The van der Waals surface area contributed by atoms with Crippen molar-refractivity contribution in [2.45, 2.75) is 32.4 Å². The van der Waals surface area contributed by atoms with Crippen LogP contribution in [0.15, 0.2) is 46.0 Å². The van der Waals surface area contributed by atoms with Gasteiger partial charge in [0.2, 0.25) is 0 Å². The van der Waals surface area contributed by atoms with E-state index < -0.39 is 0 Å². The normalized spacial score (nSPS) is 17.3. The lowest BCUT2D eigenvalue weighted by Gasteiger charge is -2.19. The lowest BCUT2D eigenvalue weighted by molar-refractivity contribution is 0.321. The molecule has 1 aliphatic rings. The van der Waals surface area contributed by atoms with Crippen molar-refractivity contribution in [3.63, 3.8) is 0 Å². The topological polar surface area (TPSA) is 71.3 Å². The molecule has 7 nitrogen and oxygen atoms in total. The van der Waals surface area contributed by atoms with E-state index >= 15 is 0 Å². The summed E-state index contributed by atoms with van der Waals surface area (Å²) >= 11 is 0. The van der Waals surface area contributed by atoms with Gasteiger partial charge in [-0.15, -0.1) is 0 Å². The van der Waals surface area contributed by atoms with Crippen molar-refractivity contribution in [2.24, 2.45) is 4.99 Å². The number of hydrogen-bond donors (Lipinski definition) is 2. The van der Waals surface area contributed by atoms with Gasteiger partial charge in [-0.05, 0) is 43.2 Å². The van der Waals surface area contributed by atoms with E-state index in [1.165, 1.54) is 5.56 Å². The van der Waals surface area contributed by atoms with Crippen molar-refractivity contribution >= 4 is 5.96 Å². The average molecular weight is 401 g/mol. The minimum absolute atomic E-state index is 0.379.